The summed E-state index contributed by atoms with van der Waals surface area (Å²) in [6, 6.07) is 16.0. The number of carbonyl (C=O) groups excluding carboxylic acids is 1. The summed E-state index contributed by atoms with van der Waals surface area (Å²) in [7, 11) is -3.53. The van der Waals surface area contributed by atoms with Gasteiger partial charge in [-0.2, -0.15) is 0 Å². The summed E-state index contributed by atoms with van der Waals surface area (Å²) in [5.41, 5.74) is 2.00. The first-order valence-corrected chi connectivity index (χ1v) is 9.26. The Morgan fingerprint density at radius 3 is 1.92 bits per heavy atom. The van der Waals surface area contributed by atoms with E-state index in [4.69, 9.17) is 13.6 Å². The largest absolute Gasteiger partial charge is 0.475 e. The summed E-state index contributed by atoms with van der Waals surface area (Å²) in [5, 5.41) is 0. The molecule has 2 aromatic rings. The lowest BCUT2D eigenvalue weighted by atomic mass is 10.0. The number of benzene rings is 2. The molecule has 0 amide bonds. The Balaban J connectivity index is 2.02. The zero-order valence-corrected chi connectivity index (χ0v) is 14.7. The van der Waals surface area contributed by atoms with E-state index in [9.17, 15) is 9.36 Å². The van der Waals surface area contributed by atoms with E-state index >= 15 is 0 Å². The van der Waals surface area contributed by atoms with Crippen molar-refractivity contribution in [2.24, 2.45) is 0 Å². The van der Waals surface area contributed by atoms with Gasteiger partial charge in [-0.25, -0.2) is 4.57 Å². The fourth-order valence-corrected chi connectivity index (χ4v) is 3.25. The van der Waals surface area contributed by atoms with E-state index in [2.05, 4.69) is 0 Å². The molecule has 0 saturated carbocycles. The third kappa shape index (κ3) is 5.11. The second-order valence-corrected chi connectivity index (χ2v) is 6.62. The van der Waals surface area contributed by atoms with Crippen LogP contribution < -0.4 is 0 Å². The lowest BCUT2D eigenvalue weighted by Gasteiger charge is -2.16. The summed E-state index contributed by atoms with van der Waals surface area (Å²) in [5.74, 6) is -0.0441. The number of phosphoric acid groups is 1. The van der Waals surface area contributed by atoms with Crippen LogP contribution in [-0.4, -0.2) is 19.0 Å². The highest BCUT2D eigenvalue weighted by atomic mass is 31.2. The van der Waals surface area contributed by atoms with Gasteiger partial charge in [-0.3, -0.25) is 18.4 Å². The molecule has 2 aromatic carbocycles. The van der Waals surface area contributed by atoms with Crippen LogP contribution in [0, 0.1) is 0 Å². The molecule has 0 aromatic heterocycles. The van der Waals surface area contributed by atoms with Crippen molar-refractivity contribution in [3.63, 3.8) is 0 Å². The molecule has 6 heteroatoms. The van der Waals surface area contributed by atoms with E-state index in [-0.39, 0.29) is 25.6 Å². The number of phosphoric ester groups is 1. The van der Waals surface area contributed by atoms with Gasteiger partial charge in [-0.15, -0.1) is 0 Å². The Bertz CT molecular complexity index is 687. The fraction of sp³-hybridized carbons (Fsp3) is 0.278. The summed E-state index contributed by atoms with van der Waals surface area (Å²) in [6.45, 7) is 4.00. The van der Waals surface area contributed by atoms with Gasteiger partial charge in [0.15, 0.2) is 5.78 Å². The first-order valence-electron chi connectivity index (χ1n) is 7.80. The Morgan fingerprint density at radius 1 is 0.833 bits per heavy atom. The summed E-state index contributed by atoms with van der Waals surface area (Å²) >= 11 is 0. The molecule has 128 valence electrons. The predicted octanol–water partition coefficient (Wildman–Crippen LogP) is 4.62. The molecule has 24 heavy (non-hydrogen) atoms. The quantitative estimate of drug-likeness (QED) is 0.489. The Hall–Kier alpha value is -1.78. The van der Waals surface area contributed by atoms with Gasteiger partial charge in [-0.05, 0) is 19.4 Å². The molecule has 0 spiro atoms. The van der Waals surface area contributed by atoms with Crippen molar-refractivity contribution in [2.45, 2.75) is 20.5 Å². The maximum atomic E-state index is 12.3. The van der Waals surface area contributed by atoms with Crippen molar-refractivity contribution in [1.29, 1.82) is 0 Å². The van der Waals surface area contributed by atoms with Crippen LogP contribution in [0.4, 0.5) is 0 Å². The minimum Gasteiger partial charge on any atom is -0.289 e. The van der Waals surface area contributed by atoms with Gasteiger partial charge in [0.25, 0.3) is 0 Å². The third-order valence-electron chi connectivity index (χ3n) is 3.22. The number of hydrogen-bond donors (Lipinski definition) is 0. The van der Waals surface area contributed by atoms with E-state index in [0.717, 1.165) is 5.56 Å². The van der Waals surface area contributed by atoms with Crippen molar-refractivity contribution in [2.75, 3.05) is 13.2 Å². The first kappa shape index (κ1) is 18.6. The second kappa shape index (κ2) is 8.90. The highest BCUT2D eigenvalue weighted by Gasteiger charge is 2.25. The van der Waals surface area contributed by atoms with Crippen LogP contribution >= 0.6 is 7.82 Å². The molecular formula is C18H21O5P. The second-order valence-electron chi connectivity index (χ2n) is 4.95. The van der Waals surface area contributed by atoms with Crippen LogP contribution in [0.5, 0.6) is 0 Å². The number of carbonyl (C=O) groups is 1. The minimum atomic E-state index is -3.53. The van der Waals surface area contributed by atoms with Crippen molar-refractivity contribution in [1.82, 2.24) is 0 Å². The standard InChI is InChI=1S/C18H21O5P/c1-3-21-24(20,22-4-2)23-14-15-10-12-17(13-11-15)18(19)16-8-6-5-7-9-16/h5-13H,3-4,14H2,1-2H3. The average Bonchev–Trinajstić information content (AvgIpc) is 2.61. The van der Waals surface area contributed by atoms with Gasteiger partial charge < -0.3 is 0 Å². The Kier molecular flexibility index (Phi) is 6.88. The van der Waals surface area contributed by atoms with E-state index in [1.54, 1.807) is 50.2 Å². The molecule has 0 aliphatic heterocycles. The van der Waals surface area contributed by atoms with Gasteiger partial charge in [0.05, 0.1) is 19.8 Å². The van der Waals surface area contributed by atoms with E-state index in [1.165, 1.54) is 0 Å². The predicted molar refractivity (Wildman–Crippen MR) is 92.0 cm³/mol. The molecule has 0 bridgehead atoms. The van der Waals surface area contributed by atoms with Crippen LogP contribution in [0.1, 0.15) is 35.3 Å². The number of rotatable bonds is 9. The number of ketones is 1. The van der Waals surface area contributed by atoms with E-state index < -0.39 is 7.82 Å². The summed E-state index contributed by atoms with van der Waals surface area (Å²) < 4.78 is 27.7. The molecule has 0 aliphatic rings. The average molecular weight is 348 g/mol. The molecule has 2 rings (SSSR count). The lowest BCUT2D eigenvalue weighted by molar-refractivity contribution is 0.103. The van der Waals surface area contributed by atoms with Crippen LogP contribution in [0.2, 0.25) is 0 Å². The Labute approximate surface area is 142 Å². The normalized spacial score (nSPS) is 11.4. The van der Waals surface area contributed by atoms with Crippen molar-refractivity contribution in [3.05, 3.63) is 71.3 Å². The highest BCUT2D eigenvalue weighted by Crippen LogP contribution is 2.49. The smallest absolute Gasteiger partial charge is 0.289 e. The molecule has 5 nitrogen and oxygen atoms in total. The zero-order chi connectivity index (χ0) is 17.4. The monoisotopic (exact) mass is 348 g/mol. The Morgan fingerprint density at radius 2 is 1.38 bits per heavy atom. The third-order valence-corrected chi connectivity index (χ3v) is 4.81. The van der Waals surface area contributed by atoms with Crippen LogP contribution in [0.15, 0.2) is 54.6 Å². The van der Waals surface area contributed by atoms with Gasteiger partial charge >= 0.3 is 7.82 Å². The topological polar surface area (TPSA) is 61.8 Å². The van der Waals surface area contributed by atoms with Crippen molar-refractivity contribution < 1.29 is 22.9 Å². The van der Waals surface area contributed by atoms with Crippen molar-refractivity contribution >= 4 is 13.6 Å². The van der Waals surface area contributed by atoms with Crippen molar-refractivity contribution in [3.8, 4) is 0 Å². The van der Waals surface area contributed by atoms with Gasteiger partial charge in [0.1, 0.15) is 0 Å². The highest BCUT2D eigenvalue weighted by molar-refractivity contribution is 7.48. The van der Waals surface area contributed by atoms with Gasteiger partial charge in [-0.1, -0.05) is 54.6 Å². The molecule has 0 unspecified atom stereocenters. The molecular weight excluding hydrogens is 327 g/mol. The summed E-state index contributed by atoms with van der Waals surface area (Å²) in [4.78, 5) is 12.3. The lowest BCUT2D eigenvalue weighted by Crippen LogP contribution is -2.02. The fourth-order valence-electron chi connectivity index (χ4n) is 2.09. The molecule has 0 aliphatic carbocycles. The maximum Gasteiger partial charge on any atom is 0.475 e. The van der Waals surface area contributed by atoms with Gasteiger partial charge in [0, 0.05) is 11.1 Å². The molecule has 0 saturated heterocycles. The SMILES string of the molecule is CCOP(=O)(OCC)OCc1ccc(C(=O)c2ccccc2)cc1. The minimum absolute atomic E-state index is 0.0441. The molecule has 0 heterocycles. The summed E-state index contributed by atoms with van der Waals surface area (Å²) in [6.07, 6.45) is 0. The molecule has 0 radical (unpaired) electrons. The van der Waals surface area contributed by atoms with Crippen LogP contribution in [0.3, 0.4) is 0 Å². The van der Waals surface area contributed by atoms with Gasteiger partial charge in [0.2, 0.25) is 0 Å². The van der Waals surface area contributed by atoms with E-state index in [0.29, 0.717) is 11.1 Å². The zero-order valence-electron chi connectivity index (χ0n) is 13.8. The van der Waals surface area contributed by atoms with Crippen LogP contribution in [0.25, 0.3) is 0 Å². The molecule has 0 fully saturated rings. The van der Waals surface area contributed by atoms with E-state index in [1.807, 2.05) is 18.2 Å². The first-order chi connectivity index (χ1) is 11.6. The maximum absolute atomic E-state index is 12.3. The number of hydrogen-bond acceptors (Lipinski definition) is 5. The van der Waals surface area contributed by atoms with Crippen LogP contribution in [-0.2, 0) is 24.7 Å². The molecule has 0 atom stereocenters. The molecule has 0 N–H and O–H groups in total.